The van der Waals surface area contributed by atoms with E-state index in [0.29, 0.717) is 35.6 Å². The van der Waals surface area contributed by atoms with Gasteiger partial charge in [-0.25, -0.2) is 19.2 Å². The number of carbonyl (C=O) groups excluding carboxylic acids is 1. The Labute approximate surface area is 156 Å². The van der Waals surface area contributed by atoms with Crippen molar-refractivity contribution in [2.45, 2.75) is 26.3 Å². The van der Waals surface area contributed by atoms with Crippen molar-refractivity contribution in [2.75, 3.05) is 13.6 Å². The minimum Gasteiger partial charge on any atom is -0.342 e. The first-order valence-electron chi connectivity index (χ1n) is 8.85. The van der Waals surface area contributed by atoms with Crippen LogP contribution in [0.4, 0.5) is 9.18 Å². The number of benzene rings is 1. The lowest BCUT2D eigenvalue weighted by atomic mass is 10.0. The number of imidazole rings is 1. The number of H-pyrrole nitrogens is 1. The summed E-state index contributed by atoms with van der Waals surface area (Å²) < 4.78 is 14.9. The van der Waals surface area contributed by atoms with Crippen molar-refractivity contribution >= 4 is 17.1 Å². The Balaban J connectivity index is 1.61. The lowest BCUT2D eigenvalue weighted by molar-refractivity contribution is 0.199. The third-order valence-corrected chi connectivity index (χ3v) is 4.49. The van der Waals surface area contributed by atoms with Gasteiger partial charge >= 0.3 is 6.03 Å². The van der Waals surface area contributed by atoms with Gasteiger partial charge in [0.1, 0.15) is 23.8 Å². The number of carbonyl (C=O) groups is 1. The SMILES string of the molecule is CC(C)C(NC(=O)N(C)CCc1nc2ccc(F)cc2[nH]1)c1ncnn1C. The molecule has 9 heteroatoms. The van der Waals surface area contributed by atoms with Crippen molar-refractivity contribution in [2.24, 2.45) is 13.0 Å². The smallest absolute Gasteiger partial charge is 0.317 e. The van der Waals surface area contributed by atoms with E-state index in [-0.39, 0.29) is 23.8 Å². The average Bonchev–Trinajstić information content (AvgIpc) is 3.22. The molecule has 2 aromatic heterocycles. The van der Waals surface area contributed by atoms with Crippen LogP contribution >= 0.6 is 0 Å². The molecule has 0 fully saturated rings. The zero-order chi connectivity index (χ0) is 19.6. The summed E-state index contributed by atoms with van der Waals surface area (Å²) >= 11 is 0. The van der Waals surface area contributed by atoms with Crippen molar-refractivity contribution in [1.29, 1.82) is 0 Å². The molecule has 0 saturated heterocycles. The van der Waals surface area contributed by atoms with Gasteiger partial charge in [-0.2, -0.15) is 5.10 Å². The normalized spacial score (nSPS) is 12.5. The second-order valence-electron chi connectivity index (χ2n) is 6.93. The maximum Gasteiger partial charge on any atom is 0.317 e. The Morgan fingerprint density at radius 3 is 2.85 bits per heavy atom. The summed E-state index contributed by atoms with van der Waals surface area (Å²) in [7, 11) is 3.53. The number of aromatic nitrogens is 5. The molecule has 0 aliphatic heterocycles. The number of rotatable bonds is 6. The van der Waals surface area contributed by atoms with Crippen LogP contribution in [-0.2, 0) is 13.5 Å². The van der Waals surface area contributed by atoms with E-state index < -0.39 is 0 Å². The van der Waals surface area contributed by atoms with Gasteiger partial charge in [0.05, 0.1) is 17.1 Å². The number of likely N-dealkylation sites (N-methyl/N-ethyl adjacent to an activating group) is 1. The van der Waals surface area contributed by atoms with Gasteiger partial charge in [-0.15, -0.1) is 0 Å². The van der Waals surface area contributed by atoms with Crippen LogP contribution in [0, 0.1) is 11.7 Å². The molecule has 2 N–H and O–H groups in total. The van der Waals surface area contributed by atoms with Crippen LogP contribution < -0.4 is 5.32 Å². The second kappa shape index (κ2) is 7.73. The van der Waals surface area contributed by atoms with E-state index >= 15 is 0 Å². The highest BCUT2D eigenvalue weighted by molar-refractivity contribution is 5.75. The van der Waals surface area contributed by atoms with E-state index in [1.54, 1.807) is 29.7 Å². The van der Waals surface area contributed by atoms with Crippen molar-refractivity contribution in [3.63, 3.8) is 0 Å². The van der Waals surface area contributed by atoms with Gasteiger partial charge in [0.2, 0.25) is 0 Å². The van der Waals surface area contributed by atoms with Crippen LogP contribution in [0.1, 0.15) is 31.5 Å². The zero-order valence-electron chi connectivity index (χ0n) is 15.9. The van der Waals surface area contributed by atoms with Crippen LogP contribution in [0.5, 0.6) is 0 Å². The molecular weight excluding hydrogens is 349 g/mol. The monoisotopic (exact) mass is 373 g/mol. The Bertz CT molecular complexity index is 933. The highest BCUT2D eigenvalue weighted by atomic mass is 19.1. The standard InChI is InChI=1S/C18H24FN7O/c1-11(2)16(17-20-10-21-26(17)4)24-18(27)25(3)8-7-15-22-13-6-5-12(19)9-14(13)23-15/h5-6,9-11,16H,7-8H2,1-4H3,(H,22,23)(H,24,27). The molecule has 0 radical (unpaired) electrons. The Kier molecular flexibility index (Phi) is 5.38. The molecule has 27 heavy (non-hydrogen) atoms. The van der Waals surface area contributed by atoms with Crippen LogP contribution in [0.25, 0.3) is 11.0 Å². The second-order valence-corrected chi connectivity index (χ2v) is 6.93. The van der Waals surface area contributed by atoms with Crippen LogP contribution in [0.3, 0.4) is 0 Å². The number of hydrogen-bond donors (Lipinski definition) is 2. The highest BCUT2D eigenvalue weighted by Gasteiger charge is 2.24. The average molecular weight is 373 g/mol. The molecule has 1 unspecified atom stereocenters. The first kappa shape index (κ1) is 18.8. The topological polar surface area (TPSA) is 91.7 Å². The summed E-state index contributed by atoms with van der Waals surface area (Å²) in [6, 6.07) is 4.00. The molecule has 0 bridgehead atoms. The summed E-state index contributed by atoms with van der Waals surface area (Å²) in [5.74, 6) is 1.28. The number of aryl methyl sites for hydroxylation is 1. The molecule has 0 aliphatic rings. The van der Waals surface area contributed by atoms with Gasteiger partial charge in [-0.1, -0.05) is 13.8 Å². The number of nitrogens with zero attached hydrogens (tertiary/aromatic N) is 5. The molecule has 1 aromatic carbocycles. The Morgan fingerprint density at radius 1 is 1.41 bits per heavy atom. The molecule has 0 spiro atoms. The number of urea groups is 1. The molecule has 0 aliphatic carbocycles. The predicted molar refractivity (Wildman–Crippen MR) is 99.5 cm³/mol. The molecule has 8 nitrogen and oxygen atoms in total. The molecule has 1 atom stereocenters. The van der Waals surface area contributed by atoms with Crippen LogP contribution in [0.15, 0.2) is 24.5 Å². The van der Waals surface area contributed by atoms with E-state index in [1.165, 1.54) is 18.5 Å². The number of aromatic amines is 1. The molecule has 3 rings (SSSR count). The van der Waals surface area contributed by atoms with Gasteiger partial charge in [0.25, 0.3) is 0 Å². The predicted octanol–water partition coefficient (Wildman–Crippen LogP) is 2.41. The number of amides is 2. The fraction of sp³-hybridized carbons (Fsp3) is 0.444. The summed E-state index contributed by atoms with van der Waals surface area (Å²) in [4.78, 5) is 25.9. The maximum atomic E-state index is 13.3. The van der Waals surface area contributed by atoms with E-state index in [4.69, 9.17) is 0 Å². The number of fused-ring (bicyclic) bond motifs is 1. The van der Waals surface area contributed by atoms with Gasteiger partial charge in [0.15, 0.2) is 0 Å². The van der Waals surface area contributed by atoms with Crippen molar-refractivity contribution in [3.8, 4) is 0 Å². The van der Waals surface area contributed by atoms with Crippen LogP contribution in [-0.4, -0.2) is 49.3 Å². The number of nitrogens with one attached hydrogen (secondary N) is 2. The lowest BCUT2D eigenvalue weighted by Crippen LogP contribution is -2.42. The summed E-state index contributed by atoms with van der Waals surface area (Å²) in [6.45, 7) is 4.51. The summed E-state index contributed by atoms with van der Waals surface area (Å²) in [6.07, 6.45) is 2.02. The van der Waals surface area contributed by atoms with Gasteiger partial charge < -0.3 is 15.2 Å². The molecule has 144 valence electrons. The van der Waals surface area contributed by atoms with Gasteiger partial charge in [0, 0.05) is 27.1 Å². The van der Waals surface area contributed by atoms with E-state index in [1.807, 2.05) is 13.8 Å². The Hall–Kier alpha value is -2.97. The Morgan fingerprint density at radius 2 is 2.19 bits per heavy atom. The lowest BCUT2D eigenvalue weighted by Gasteiger charge is -2.25. The molecule has 2 amide bonds. The summed E-state index contributed by atoms with van der Waals surface area (Å²) in [5, 5.41) is 7.09. The molecule has 3 aromatic rings. The number of hydrogen-bond acceptors (Lipinski definition) is 4. The van der Waals surface area contributed by atoms with Gasteiger partial charge in [-0.3, -0.25) is 4.68 Å². The van der Waals surface area contributed by atoms with E-state index in [2.05, 4.69) is 25.4 Å². The van der Waals surface area contributed by atoms with Crippen molar-refractivity contribution in [3.05, 3.63) is 42.0 Å². The summed E-state index contributed by atoms with van der Waals surface area (Å²) in [5.41, 5.74) is 1.36. The third-order valence-electron chi connectivity index (χ3n) is 4.49. The zero-order valence-corrected chi connectivity index (χ0v) is 15.9. The molecule has 2 heterocycles. The number of halogens is 1. The van der Waals surface area contributed by atoms with Gasteiger partial charge in [-0.05, 0) is 24.1 Å². The quantitative estimate of drug-likeness (QED) is 0.694. The van der Waals surface area contributed by atoms with Crippen LogP contribution in [0.2, 0.25) is 0 Å². The first-order valence-corrected chi connectivity index (χ1v) is 8.85. The molecule has 0 saturated carbocycles. The molecular formula is C18H24FN7O. The van der Waals surface area contributed by atoms with Crippen molar-refractivity contribution < 1.29 is 9.18 Å². The fourth-order valence-corrected chi connectivity index (χ4v) is 2.89. The fourth-order valence-electron chi connectivity index (χ4n) is 2.89. The maximum absolute atomic E-state index is 13.3. The highest BCUT2D eigenvalue weighted by Crippen LogP contribution is 2.19. The van der Waals surface area contributed by atoms with E-state index in [0.717, 1.165) is 0 Å². The van der Waals surface area contributed by atoms with Crippen molar-refractivity contribution in [1.82, 2.24) is 34.9 Å². The minimum absolute atomic E-state index is 0.163. The third kappa shape index (κ3) is 4.24. The largest absolute Gasteiger partial charge is 0.342 e. The first-order chi connectivity index (χ1) is 12.8. The van der Waals surface area contributed by atoms with E-state index in [9.17, 15) is 9.18 Å². The minimum atomic E-state index is -0.308.